The van der Waals surface area contributed by atoms with Crippen LogP contribution in [0.5, 0.6) is 0 Å². The van der Waals surface area contributed by atoms with Crippen LogP contribution in [0.15, 0.2) is 54.7 Å². The van der Waals surface area contributed by atoms with Gasteiger partial charge in [0.2, 0.25) is 0 Å². The number of amides is 1. The first kappa shape index (κ1) is 19.1. The van der Waals surface area contributed by atoms with Crippen LogP contribution >= 0.6 is 0 Å². The van der Waals surface area contributed by atoms with Gasteiger partial charge in [0.1, 0.15) is 17.5 Å². The van der Waals surface area contributed by atoms with Gasteiger partial charge in [-0.15, -0.1) is 0 Å². The summed E-state index contributed by atoms with van der Waals surface area (Å²) in [5, 5.41) is 3.31. The SMILES string of the molecule is CCN1Cc2c(ccnc2N[C@@H](C)c2ccc(-c3ccc(F)cc3)c(F)c2)C1=O. The Morgan fingerprint density at radius 2 is 1.86 bits per heavy atom. The van der Waals surface area contributed by atoms with E-state index in [-0.39, 0.29) is 23.6 Å². The molecular weight excluding hydrogens is 372 g/mol. The molecule has 1 amide bonds. The highest BCUT2D eigenvalue weighted by Crippen LogP contribution is 2.31. The van der Waals surface area contributed by atoms with Crippen molar-refractivity contribution >= 4 is 11.7 Å². The summed E-state index contributed by atoms with van der Waals surface area (Å²) >= 11 is 0. The number of nitrogens with zero attached hydrogens (tertiary/aromatic N) is 2. The Morgan fingerprint density at radius 3 is 2.55 bits per heavy atom. The first-order chi connectivity index (χ1) is 14.0. The number of benzene rings is 2. The molecule has 1 N–H and O–H groups in total. The Labute approximate surface area is 168 Å². The molecule has 1 aliphatic rings. The van der Waals surface area contributed by atoms with Crippen LogP contribution in [-0.4, -0.2) is 22.3 Å². The van der Waals surface area contributed by atoms with Crippen LogP contribution in [0.1, 0.15) is 41.4 Å². The number of halogens is 2. The van der Waals surface area contributed by atoms with Crippen molar-refractivity contribution in [3.05, 3.63) is 83.1 Å². The summed E-state index contributed by atoms with van der Waals surface area (Å²) in [5.41, 5.74) is 3.33. The van der Waals surface area contributed by atoms with E-state index in [0.717, 1.165) is 11.1 Å². The highest BCUT2D eigenvalue weighted by Gasteiger charge is 2.29. The van der Waals surface area contributed by atoms with E-state index in [2.05, 4.69) is 10.3 Å². The van der Waals surface area contributed by atoms with Gasteiger partial charge in [-0.1, -0.05) is 24.3 Å². The molecule has 0 bridgehead atoms. The monoisotopic (exact) mass is 393 g/mol. The summed E-state index contributed by atoms with van der Waals surface area (Å²) in [6.45, 7) is 5.02. The number of pyridine rings is 1. The Morgan fingerprint density at radius 1 is 1.10 bits per heavy atom. The van der Waals surface area contributed by atoms with E-state index in [0.29, 0.717) is 35.6 Å². The van der Waals surface area contributed by atoms with Crippen molar-refractivity contribution in [2.45, 2.75) is 26.4 Å². The third-order valence-corrected chi connectivity index (χ3v) is 5.31. The maximum absolute atomic E-state index is 14.7. The van der Waals surface area contributed by atoms with Gasteiger partial charge in [0, 0.05) is 29.4 Å². The van der Waals surface area contributed by atoms with Gasteiger partial charge in [-0.2, -0.15) is 0 Å². The normalized spacial score (nSPS) is 14.1. The molecule has 0 radical (unpaired) electrons. The van der Waals surface area contributed by atoms with Crippen LogP contribution < -0.4 is 5.32 Å². The summed E-state index contributed by atoms with van der Waals surface area (Å²) < 4.78 is 27.8. The number of anilines is 1. The standard InChI is InChI=1S/C23H21F2N3O/c1-3-28-13-20-19(23(28)29)10-11-26-22(20)27-14(2)16-6-9-18(21(25)12-16)15-4-7-17(24)8-5-15/h4-12,14H,3,13H2,1-2H3,(H,26,27)/t14-/m0/s1. The number of nitrogens with one attached hydrogen (secondary N) is 1. The zero-order valence-electron chi connectivity index (χ0n) is 16.2. The molecule has 148 valence electrons. The fourth-order valence-electron chi connectivity index (χ4n) is 3.62. The quantitative estimate of drug-likeness (QED) is 0.650. The van der Waals surface area contributed by atoms with Gasteiger partial charge in [-0.25, -0.2) is 13.8 Å². The molecule has 4 nitrogen and oxygen atoms in total. The summed E-state index contributed by atoms with van der Waals surface area (Å²) in [7, 11) is 0. The zero-order valence-corrected chi connectivity index (χ0v) is 16.2. The van der Waals surface area contributed by atoms with Crippen molar-refractivity contribution in [2.75, 3.05) is 11.9 Å². The van der Waals surface area contributed by atoms with Crippen molar-refractivity contribution in [1.82, 2.24) is 9.88 Å². The second-order valence-corrected chi connectivity index (χ2v) is 7.12. The maximum atomic E-state index is 14.7. The van der Waals surface area contributed by atoms with E-state index in [4.69, 9.17) is 0 Å². The lowest BCUT2D eigenvalue weighted by molar-refractivity contribution is 0.0787. The van der Waals surface area contributed by atoms with Crippen molar-refractivity contribution in [1.29, 1.82) is 0 Å². The molecule has 0 spiro atoms. The molecule has 1 aliphatic heterocycles. The molecule has 0 unspecified atom stereocenters. The van der Waals surface area contributed by atoms with Crippen LogP contribution in [0, 0.1) is 11.6 Å². The Bertz CT molecular complexity index is 1070. The Hall–Kier alpha value is -3.28. The van der Waals surface area contributed by atoms with E-state index < -0.39 is 0 Å². The minimum absolute atomic E-state index is 0.00954. The van der Waals surface area contributed by atoms with Gasteiger partial charge in [0.05, 0.1) is 12.6 Å². The molecule has 0 aliphatic carbocycles. The minimum Gasteiger partial charge on any atom is -0.363 e. The fourth-order valence-corrected chi connectivity index (χ4v) is 3.62. The molecule has 1 atom stereocenters. The molecule has 0 saturated carbocycles. The fraction of sp³-hybridized carbons (Fsp3) is 0.217. The molecule has 2 aromatic carbocycles. The van der Waals surface area contributed by atoms with E-state index in [1.54, 1.807) is 35.4 Å². The van der Waals surface area contributed by atoms with Gasteiger partial charge in [0.15, 0.2) is 0 Å². The molecule has 0 saturated heterocycles. The van der Waals surface area contributed by atoms with Crippen LogP contribution in [0.4, 0.5) is 14.6 Å². The van der Waals surface area contributed by atoms with Gasteiger partial charge >= 0.3 is 0 Å². The summed E-state index contributed by atoms with van der Waals surface area (Å²) in [4.78, 5) is 18.5. The van der Waals surface area contributed by atoms with Gasteiger partial charge in [-0.05, 0) is 49.2 Å². The van der Waals surface area contributed by atoms with E-state index in [9.17, 15) is 13.6 Å². The minimum atomic E-state index is -0.374. The molecular formula is C23H21F2N3O. The lowest BCUT2D eigenvalue weighted by atomic mass is 10.0. The van der Waals surface area contributed by atoms with E-state index in [1.165, 1.54) is 18.2 Å². The number of hydrogen-bond acceptors (Lipinski definition) is 3. The first-order valence-electron chi connectivity index (χ1n) is 9.57. The molecule has 6 heteroatoms. The smallest absolute Gasteiger partial charge is 0.254 e. The third-order valence-electron chi connectivity index (χ3n) is 5.31. The molecule has 29 heavy (non-hydrogen) atoms. The summed E-state index contributed by atoms with van der Waals surface area (Å²) in [6, 6.07) is 12.3. The van der Waals surface area contributed by atoms with Gasteiger partial charge in [0.25, 0.3) is 5.91 Å². The zero-order chi connectivity index (χ0) is 20.5. The number of carbonyl (C=O) groups excluding carboxylic acids is 1. The van der Waals surface area contributed by atoms with E-state index in [1.807, 2.05) is 19.9 Å². The number of carbonyl (C=O) groups is 1. The van der Waals surface area contributed by atoms with Crippen LogP contribution in [0.25, 0.3) is 11.1 Å². The third kappa shape index (κ3) is 3.58. The lowest BCUT2D eigenvalue weighted by Crippen LogP contribution is -2.22. The number of hydrogen-bond donors (Lipinski definition) is 1. The van der Waals surface area contributed by atoms with Crippen molar-refractivity contribution in [3.8, 4) is 11.1 Å². The number of fused-ring (bicyclic) bond motifs is 1. The largest absolute Gasteiger partial charge is 0.363 e. The highest BCUT2D eigenvalue weighted by molar-refractivity contribution is 5.99. The Kier molecular flexibility index (Phi) is 5.01. The highest BCUT2D eigenvalue weighted by atomic mass is 19.1. The van der Waals surface area contributed by atoms with Gasteiger partial charge in [-0.3, -0.25) is 4.79 Å². The van der Waals surface area contributed by atoms with Crippen LogP contribution in [0.3, 0.4) is 0 Å². The summed E-state index contributed by atoms with van der Waals surface area (Å²) in [5.74, 6) is -0.0782. The summed E-state index contributed by atoms with van der Waals surface area (Å²) in [6.07, 6.45) is 1.61. The molecule has 2 heterocycles. The van der Waals surface area contributed by atoms with E-state index >= 15 is 0 Å². The molecule has 4 rings (SSSR count). The predicted octanol–water partition coefficient (Wildman–Crippen LogP) is 5.18. The number of aromatic nitrogens is 1. The van der Waals surface area contributed by atoms with Crippen molar-refractivity contribution in [3.63, 3.8) is 0 Å². The van der Waals surface area contributed by atoms with Gasteiger partial charge < -0.3 is 10.2 Å². The second-order valence-electron chi connectivity index (χ2n) is 7.12. The predicted molar refractivity (Wildman–Crippen MR) is 108 cm³/mol. The molecule has 3 aromatic rings. The first-order valence-corrected chi connectivity index (χ1v) is 9.57. The van der Waals surface area contributed by atoms with Crippen molar-refractivity contribution in [2.24, 2.45) is 0 Å². The molecule has 0 fully saturated rings. The second kappa shape index (κ2) is 7.62. The van der Waals surface area contributed by atoms with Crippen molar-refractivity contribution < 1.29 is 13.6 Å². The number of rotatable bonds is 5. The average Bonchev–Trinajstić information content (AvgIpc) is 3.05. The topological polar surface area (TPSA) is 45.2 Å². The van der Waals surface area contributed by atoms with Crippen LogP contribution in [-0.2, 0) is 6.54 Å². The maximum Gasteiger partial charge on any atom is 0.254 e. The lowest BCUT2D eigenvalue weighted by Gasteiger charge is -2.18. The van der Waals surface area contributed by atoms with Crippen LogP contribution in [0.2, 0.25) is 0 Å². The Balaban J connectivity index is 1.57. The molecule has 1 aromatic heterocycles. The average molecular weight is 393 g/mol.